The van der Waals surface area contributed by atoms with Crippen molar-refractivity contribution in [1.82, 2.24) is 10.3 Å². The van der Waals surface area contributed by atoms with E-state index >= 15 is 0 Å². The Morgan fingerprint density at radius 1 is 1.14 bits per heavy atom. The predicted octanol–water partition coefficient (Wildman–Crippen LogP) is 4.10. The Labute approximate surface area is 162 Å². The van der Waals surface area contributed by atoms with Crippen molar-refractivity contribution in [3.05, 3.63) is 65.0 Å². The second-order valence-electron chi connectivity index (χ2n) is 6.46. The van der Waals surface area contributed by atoms with Gasteiger partial charge in [0.2, 0.25) is 0 Å². The molecule has 0 unspecified atom stereocenters. The molecule has 0 radical (unpaired) electrons. The molecule has 7 heteroatoms. The first-order valence-electron chi connectivity index (χ1n) is 8.82. The van der Waals surface area contributed by atoms with E-state index in [-0.39, 0.29) is 5.82 Å². The van der Waals surface area contributed by atoms with Crippen LogP contribution in [0.4, 0.5) is 20.7 Å². The zero-order chi connectivity index (χ0) is 20.1. The van der Waals surface area contributed by atoms with Crippen LogP contribution in [0.2, 0.25) is 0 Å². The summed E-state index contributed by atoms with van der Waals surface area (Å²) in [6.07, 6.45) is 0. The van der Waals surface area contributed by atoms with Gasteiger partial charge in [-0.3, -0.25) is 0 Å². The molecule has 6 nitrogen and oxygen atoms in total. The summed E-state index contributed by atoms with van der Waals surface area (Å²) in [4.78, 5) is 16.5. The fraction of sp³-hybridized carbons (Fsp3) is 0.190. The first-order chi connectivity index (χ1) is 13.5. The van der Waals surface area contributed by atoms with Gasteiger partial charge in [-0.1, -0.05) is 11.6 Å². The number of rotatable bonds is 5. The lowest BCUT2D eigenvalue weighted by molar-refractivity contribution is 0.252. The second kappa shape index (κ2) is 8.35. The van der Waals surface area contributed by atoms with Gasteiger partial charge >= 0.3 is 6.03 Å². The summed E-state index contributed by atoms with van der Waals surface area (Å²) in [6.45, 7) is 4.71. The van der Waals surface area contributed by atoms with Crippen molar-refractivity contribution in [1.29, 1.82) is 5.26 Å². The Balaban J connectivity index is 1.59. The molecule has 3 N–H and O–H groups in total. The molecule has 0 bridgehead atoms. The summed E-state index contributed by atoms with van der Waals surface area (Å²) in [5.74, 6) is 0.124. The Hall–Kier alpha value is -3.66. The number of aromatic nitrogens is 1. The molecule has 3 rings (SSSR count). The van der Waals surface area contributed by atoms with E-state index in [2.05, 4.69) is 27.0 Å². The quantitative estimate of drug-likeness (QED) is 0.584. The highest BCUT2D eigenvalue weighted by molar-refractivity contribution is 5.89. The van der Waals surface area contributed by atoms with E-state index in [9.17, 15) is 14.4 Å². The van der Waals surface area contributed by atoms with E-state index in [0.29, 0.717) is 30.2 Å². The van der Waals surface area contributed by atoms with Crippen LogP contribution in [0.1, 0.15) is 16.7 Å². The van der Waals surface area contributed by atoms with Crippen LogP contribution in [0.15, 0.2) is 42.5 Å². The highest BCUT2D eigenvalue weighted by Crippen LogP contribution is 2.24. The molecular formula is C21H20FN5O. The Bertz CT molecular complexity index is 1060. The van der Waals surface area contributed by atoms with E-state index < -0.39 is 6.03 Å². The third-order valence-corrected chi connectivity index (χ3v) is 4.18. The SMILES string of the molecule is Cc1cc(C)c2nc(NCCNC(=O)Nc3ccc(F)cc3)c(C#N)cc2c1. The van der Waals surface area contributed by atoms with Gasteiger partial charge in [-0.2, -0.15) is 5.26 Å². The zero-order valence-corrected chi connectivity index (χ0v) is 15.6. The maximum absolute atomic E-state index is 12.9. The van der Waals surface area contributed by atoms with Gasteiger partial charge in [0.25, 0.3) is 0 Å². The van der Waals surface area contributed by atoms with Gasteiger partial charge in [-0.15, -0.1) is 0 Å². The Morgan fingerprint density at radius 2 is 1.89 bits per heavy atom. The van der Waals surface area contributed by atoms with Crippen LogP contribution in [0.5, 0.6) is 0 Å². The highest BCUT2D eigenvalue weighted by atomic mass is 19.1. The van der Waals surface area contributed by atoms with Gasteiger partial charge < -0.3 is 16.0 Å². The van der Waals surface area contributed by atoms with E-state index in [1.807, 2.05) is 32.0 Å². The van der Waals surface area contributed by atoms with Gasteiger partial charge in [0.05, 0.1) is 11.1 Å². The summed E-state index contributed by atoms with van der Waals surface area (Å²) in [5.41, 5.74) is 3.95. The molecule has 0 atom stereocenters. The lowest BCUT2D eigenvalue weighted by atomic mass is 10.1. The summed E-state index contributed by atoms with van der Waals surface area (Å²) in [7, 11) is 0. The molecule has 3 aromatic rings. The van der Waals surface area contributed by atoms with E-state index in [4.69, 9.17) is 0 Å². The van der Waals surface area contributed by atoms with Crippen molar-refractivity contribution in [3.63, 3.8) is 0 Å². The maximum atomic E-state index is 12.9. The van der Waals surface area contributed by atoms with E-state index in [0.717, 1.165) is 22.0 Å². The molecule has 142 valence electrons. The smallest absolute Gasteiger partial charge is 0.319 e. The van der Waals surface area contributed by atoms with Gasteiger partial charge in [0.1, 0.15) is 17.7 Å². The van der Waals surface area contributed by atoms with Crippen molar-refractivity contribution in [2.24, 2.45) is 0 Å². The number of halogens is 1. The van der Waals surface area contributed by atoms with Crippen molar-refractivity contribution in [2.45, 2.75) is 13.8 Å². The Morgan fingerprint density at radius 3 is 2.61 bits per heavy atom. The number of urea groups is 1. The minimum Gasteiger partial charge on any atom is -0.367 e. The number of nitrogens with one attached hydrogen (secondary N) is 3. The van der Waals surface area contributed by atoms with Gasteiger partial charge in [-0.05, 0) is 55.8 Å². The molecule has 0 fully saturated rings. The number of hydrogen-bond donors (Lipinski definition) is 3. The number of anilines is 2. The monoisotopic (exact) mass is 377 g/mol. The minimum absolute atomic E-state index is 0.324. The van der Waals surface area contributed by atoms with Crippen LogP contribution in [0, 0.1) is 31.0 Å². The molecule has 2 amide bonds. The molecule has 0 spiro atoms. The maximum Gasteiger partial charge on any atom is 0.319 e. The molecule has 1 aromatic heterocycles. The first-order valence-corrected chi connectivity index (χ1v) is 8.82. The largest absolute Gasteiger partial charge is 0.367 e. The van der Waals surface area contributed by atoms with Crippen LogP contribution >= 0.6 is 0 Å². The molecule has 0 aliphatic heterocycles. The summed E-state index contributed by atoms with van der Waals surface area (Å²) >= 11 is 0. The second-order valence-corrected chi connectivity index (χ2v) is 6.46. The van der Waals surface area contributed by atoms with Gasteiger partial charge in [0.15, 0.2) is 0 Å². The number of benzene rings is 2. The van der Waals surface area contributed by atoms with E-state index in [1.54, 1.807) is 0 Å². The third-order valence-electron chi connectivity index (χ3n) is 4.18. The number of hydrogen-bond acceptors (Lipinski definition) is 4. The van der Waals surface area contributed by atoms with Crippen molar-refractivity contribution < 1.29 is 9.18 Å². The number of fused-ring (bicyclic) bond motifs is 1. The highest BCUT2D eigenvalue weighted by Gasteiger charge is 2.09. The molecule has 2 aromatic carbocycles. The molecule has 28 heavy (non-hydrogen) atoms. The molecule has 0 aliphatic rings. The van der Waals surface area contributed by atoms with Crippen molar-refractivity contribution in [3.8, 4) is 6.07 Å². The van der Waals surface area contributed by atoms with Crippen molar-refractivity contribution in [2.75, 3.05) is 23.7 Å². The number of nitrogens with zero attached hydrogens (tertiary/aromatic N) is 2. The van der Waals surface area contributed by atoms with Gasteiger partial charge in [-0.25, -0.2) is 14.2 Å². The lowest BCUT2D eigenvalue weighted by Crippen LogP contribution is -2.32. The van der Waals surface area contributed by atoms with Gasteiger partial charge in [0, 0.05) is 24.2 Å². The molecule has 1 heterocycles. The normalized spacial score (nSPS) is 10.4. The average molecular weight is 377 g/mol. The number of amides is 2. The summed E-state index contributed by atoms with van der Waals surface area (Å²) < 4.78 is 12.9. The van der Waals surface area contributed by atoms with Crippen molar-refractivity contribution >= 4 is 28.4 Å². The van der Waals surface area contributed by atoms with E-state index in [1.165, 1.54) is 24.3 Å². The Kier molecular flexibility index (Phi) is 5.70. The number of aryl methyl sites for hydroxylation is 2. The average Bonchev–Trinajstić information content (AvgIpc) is 2.66. The standard InChI is InChI=1S/C21H20FN5O/c1-13-9-14(2)19-15(10-13)11-16(12-23)20(27-19)24-7-8-25-21(28)26-18-5-3-17(22)4-6-18/h3-6,9-11H,7-8H2,1-2H3,(H,24,27)(H2,25,26,28). The number of carbonyl (C=O) groups is 1. The third kappa shape index (κ3) is 4.54. The molecule has 0 saturated carbocycles. The topological polar surface area (TPSA) is 89.8 Å². The van der Waals surface area contributed by atoms with Crippen LogP contribution < -0.4 is 16.0 Å². The van der Waals surface area contributed by atoms with Crippen LogP contribution in [0.25, 0.3) is 10.9 Å². The number of carbonyl (C=O) groups excluding carboxylic acids is 1. The fourth-order valence-corrected chi connectivity index (χ4v) is 2.94. The minimum atomic E-state index is -0.397. The fourth-order valence-electron chi connectivity index (χ4n) is 2.94. The molecule has 0 aliphatic carbocycles. The summed E-state index contributed by atoms with van der Waals surface area (Å²) in [6, 6.07) is 13.1. The zero-order valence-electron chi connectivity index (χ0n) is 15.6. The van der Waals surface area contributed by atoms with Crippen LogP contribution in [-0.4, -0.2) is 24.1 Å². The lowest BCUT2D eigenvalue weighted by Gasteiger charge is -2.12. The first kappa shape index (κ1) is 19.1. The number of nitriles is 1. The predicted molar refractivity (Wildman–Crippen MR) is 108 cm³/mol. The van der Waals surface area contributed by atoms with Crippen LogP contribution in [0.3, 0.4) is 0 Å². The van der Waals surface area contributed by atoms with Crippen LogP contribution in [-0.2, 0) is 0 Å². The molecular weight excluding hydrogens is 357 g/mol. The summed E-state index contributed by atoms with van der Waals surface area (Å²) in [5, 5.41) is 18.7. The molecule has 0 saturated heterocycles. The number of pyridine rings is 1.